The molecule has 32 heavy (non-hydrogen) atoms. The molecular weight excluding hydrogens is 394 g/mol. The third kappa shape index (κ3) is 4.00. The molecule has 1 atom stereocenters. The molecule has 0 amide bonds. The first-order chi connectivity index (χ1) is 15.7. The van der Waals surface area contributed by atoms with Crippen molar-refractivity contribution in [2.24, 2.45) is 11.8 Å². The zero-order chi connectivity index (χ0) is 22.1. The second kappa shape index (κ2) is 9.17. The Hall–Kier alpha value is -2.49. The van der Waals surface area contributed by atoms with Gasteiger partial charge in [-0.3, -0.25) is 0 Å². The summed E-state index contributed by atoms with van der Waals surface area (Å²) in [6, 6.07) is 10.6. The van der Waals surface area contributed by atoms with E-state index in [1.807, 2.05) is 12.3 Å². The van der Waals surface area contributed by atoms with E-state index in [4.69, 9.17) is 9.72 Å². The normalized spacial score (nSPS) is 20.1. The lowest BCUT2D eigenvalue weighted by atomic mass is 9.76. The zero-order valence-electron chi connectivity index (χ0n) is 19.9. The van der Waals surface area contributed by atoms with Crippen LogP contribution in [0.1, 0.15) is 61.8 Å². The van der Waals surface area contributed by atoms with Crippen LogP contribution in [0.15, 0.2) is 36.5 Å². The fourth-order valence-corrected chi connectivity index (χ4v) is 6.15. The van der Waals surface area contributed by atoms with Crippen molar-refractivity contribution >= 4 is 16.7 Å². The highest BCUT2D eigenvalue weighted by Crippen LogP contribution is 2.38. The Labute approximate surface area is 192 Å². The summed E-state index contributed by atoms with van der Waals surface area (Å²) in [5, 5.41) is 1.34. The summed E-state index contributed by atoms with van der Waals surface area (Å²) in [5.41, 5.74) is 5.26. The number of rotatable bonds is 5. The number of fused-ring (bicyclic) bond motifs is 1. The van der Waals surface area contributed by atoms with Crippen molar-refractivity contribution in [3.8, 4) is 5.75 Å². The fourth-order valence-electron chi connectivity index (χ4n) is 6.15. The zero-order valence-corrected chi connectivity index (χ0v) is 19.9. The van der Waals surface area contributed by atoms with Crippen LogP contribution >= 0.6 is 0 Å². The lowest BCUT2D eigenvalue weighted by Gasteiger charge is -2.39. The minimum absolute atomic E-state index is 0.824. The van der Waals surface area contributed by atoms with Gasteiger partial charge in [-0.25, -0.2) is 4.98 Å². The van der Waals surface area contributed by atoms with Crippen LogP contribution in [0.4, 0.5) is 5.82 Å². The number of piperidine rings is 1. The number of nitrogens with zero attached hydrogens (tertiary/aromatic N) is 3. The molecule has 2 aliphatic rings. The van der Waals surface area contributed by atoms with Crippen molar-refractivity contribution in [1.29, 1.82) is 0 Å². The number of hydrogen-bond donors (Lipinski definition) is 0. The second-order valence-corrected chi connectivity index (χ2v) is 9.93. The molecule has 3 aromatic rings. The molecule has 4 nitrogen and oxygen atoms in total. The number of ether oxygens (including phenoxy) is 1. The Morgan fingerprint density at radius 3 is 2.62 bits per heavy atom. The highest BCUT2D eigenvalue weighted by Gasteiger charge is 2.30. The van der Waals surface area contributed by atoms with Crippen LogP contribution in [-0.4, -0.2) is 29.8 Å². The maximum absolute atomic E-state index is 5.47. The van der Waals surface area contributed by atoms with Crippen LogP contribution in [0.3, 0.4) is 0 Å². The van der Waals surface area contributed by atoms with E-state index in [9.17, 15) is 0 Å². The standard InChI is InChI=1S/C28H37N3O/c1-20-21(2)31(18-22-9-7-13-25(17-22)32-3)27-26(20)14-15-29-28(27)30-16-8-12-24(19-30)23-10-5-4-6-11-23/h7,9,13-15,17,23-24H,4-6,8,10-12,16,18-19H2,1-3H3. The van der Waals surface area contributed by atoms with Crippen LogP contribution in [0.5, 0.6) is 5.75 Å². The topological polar surface area (TPSA) is 30.3 Å². The van der Waals surface area contributed by atoms with Gasteiger partial charge in [0, 0.05) is 36.9 Å². The van der Waals surface area contributed by atoms with Crippen LogP contribution in [-0.2, 0) is 6.54 Å². The van der Waals surface area contributed by atoms with Gasteiger partial charge in [0.2, 0.25) is 0 Å². The van der Waals surface area contributed by atoms with Crippen LogP contribution < -0.4 is 9.64 Å². The molecule has 1 aliphatic heterocycles. The molecule has 0 bridgehead atoms. The summed E-state index contributed by atoms with van der Waals surface area (Å²) in [6.45, 7) is 7.63. The van der Waals surface area contributed by atoms with Gasteiger partial charge in [-0.2, -0.15) is 0 Å². The van der Waals surface area contributed by atoms with Gasteiger partial charge in [0.1, 0.15) is 5.75 Å². The summed E-state index contributed by atoms with van der Waals surface area (Å²) < 4.78 is 7.95. The van der Waals surface area contributed by atoms with Gasteiger partial charge in [-0.05, 0) is 67.9 Å². The third-order valence-electron chi connectivity index (χ3n) is 8.08. The quantitative estimate of drug-likeness (QED) is 0.461. The summed E-state index contributed by atoms with van der Waals surface area (Å²) in [5.74, 6) is 3.84. The molecule has 4 heteroatoms. The van der Waals surface area contributed by atoms with Crippen LogP contribution in [0.25, 0.3) is 10.9 Å². The Morgan fingerprint density at radius 2 is 1.81 bits per heavy atom. The number of anilines is 1. The first kappa shape index (κ1) is 21.4. The first-order valence-electron chi connectivity index (χ1n) is 12.5. The van der Waals surface area contributed by atoms with Gasteiger partial charge in [0.25, 0.3) is 0 Å². The Balaban J connectivity index is 1.51. The molecule has 1 aromatic carbocycles. The van der Waals surface area contributed by atoms with Crippen LogP contribution in [0, 0.1) is 25.7 Å². The molecule has 1 unspecified atom stereocenters. The lowest BCUT2D eigenvalue weighted by Crippen LogP contribution is -2.39. The monoisotopic (exact) mass is 431 g/mol. The molecule has 5 rings (SSSR count). The van der Waals surface area contributed by atoms with E-state index in [-0.39, 0.29) is 0 Å². The number of pyridine rings is 1. The fraction of sp³-hybridized carbons (Fsp3) is 0.536. The van der Waals surface area contributed by atoms with E-state index in [1.165, 1.54) is 85.0 Å². The van der Waals surface area contributed by atoms with E-state index in [0.29, 0.717) is 0 Å². The second-order valence-electron chi connectivity index (χ2n) is 9.93. The number of aryl methyl sites for hydroxylation is 1. The van der Waals surface area contributed by atoms with E-state index in [1.54, 1.807) is 7.11 Å². The third-order valence-corrected chi connectivity index (χ3v) is 8.08. The van der Waals surface area contributed by atoms with Crippen molar-refractivity contribution in [2.45, 2.75) is 65.3 Å². The lowest BCUT2D eigenvalue weighted by molar-refractivity contribution is 0.220. The molecule has 0 spiro atoms. The predicted molar refractivity (Wildman–Crippen MR) is 133 cm³/mol. The molecule has 0 radical (unpaired) electrons. The summed E-state index contributed by atoms with van der Waals surface area (Å²) in [7, 11) is 1.74. The van der Waals surface area contributed by atoms with Gasteiger partial charge in [-0.15, -0.1) is 0 Å². The molecule has 0 N–H and O–H groups in total. The average Bonchev–Trinajstić information content (AvgIpc) is 3.10. The van der Waals surface area contributed by atoms with E-state index in [0.717, 1.165) is 30.7 Å². The predicted octanol–water partition coefficient (Wildman–Crippen LogP) is 6.51. The van der Waals surface area contributed by atoms with E-state index in [2.05, 4.69) is 47.6 Å². The van der Waals surface area contributed by atoms with Crippen molar-refractivity contribution in [2.75, 3.05) is 25.1 Å². The Bertz CT molecular complexity index is 1080. The molecule has 2 aromatic heterocycles. The maximum atomic E-state index is 5.47. The highest BCUT2D eigenvalue weighted by atomic mass is 16.5. The van der Waals surface area contributed by atoms with Gasteiger partial charge in [0.15, 0.2) is 5.82 Å². The molecule has 170 valence electrons. The number of benzene rings is 1. The van der Waals surface area contributed by atoms with Crippen LogP contribution in [0.2, 0.25) is 0 Å². The molecule has 1 saturated heterocycles. The molecule has 2 fully saturated rings. The van der Waals surface area contributed by atoms with Crippen molar-refractivity contribution in [3.63, 3.8) is 0 Å². The average molecular weight is 432 g/mol. The highest BCUT2D eigenvalue weighted by molar-refractivity contribution is 5.93. The summed E-state index contributed by atoms with van der Waals surface area (Å²) in [4.78, 5) is 7.58. The minimum atomic E-state index is 0.824. The largest absolute Gasteiger partial charge is 0.497 e. The van der Waals surface area contributed by atoms with Gasteiger partial charge >= 0.3 is 0 Å². The SMILES string of the molecule is COc1cccc(Cn2c(C)c(C)c3ccnc(N4CCCC(C5CCCCC5)C4)c32)c1. The number of aromatic nitrogens is 2. The van der Waals surface area contributed by atoms with Gasteiger partial charge < -0.3 is 14.2 Å². The Kier molecular flexibility index (Phi) is 6.12. The summed E-state index contributed by atoms with van der Waals surface area (Å²) in [6.07, 6.45) is 11.8. The molecule has 1 aliphatic carbocycles. The first-order valence-corrected chi connectivity index (χ1v) is 12.5. The van der Waals surface area contributed by atoms with E-state index >= 15 is 0 Å². The number of hydrogen-bond acceptors (Lipinski definition) is 3. The van der Waals surface area contributed by atoms with Gasteiger partial charge in [-0.1, -0.05) is 44.2 Å². The Morgan fingerprint density at radius 1 is 1.00 bits per heavy atom. The van der Waals surface area contributed by atoms with Crippen molar-refractivity contribution < 1.29 is 4.74 Å². The van der Waals surface area contributed by atoms with E-state index < -0.39 is 0 Å². The molecule has 3 heterocycles. The number of methoxy groups -OCH3 is 1. The molecular formula is C28H37N3O. The van der Waals surface area contributed by atoms with Crippen molar-refractivity contribution in [1.82, 2.24) is 9.55 Å². The summed E-state index contributed by atoms with van der Waals surface area (Å²) >= 11 is 0. The molecule has 1 saturated carbocycles. The van der Waals surface area contributed by atoms with Crippen molar-refractivity contribution in [3.05, 3.63) is 53.3 Å². The van der Waals surface area contributed by atoms with Gasteiger partial charge in [0.05, 0.1) is 12.6 Å². The smallest absolute Gasteiger partial charge is 0.153 e. The minimum Gasteiger partial charge on any atom is -0.497 e. The maximum Gasteiger partial charge on any atom is 0.153 e.